The number of sulfonamides is 1. The number of hydrogen-bond donors (Lipinski definition) is 2. The quantitative estimate of drug-likeness (QED) is 0.647. The molecule has 1 aromatic rings. The lowest BCUT2D eigenvalue weighted by Gasteiger charge is -2.22. The molecule has 0 heterocycles. The Labute approximate surface area is 133 Å². The third-order valence-electron chi connectivity index (χ3n) is 3.67. The Morgan fingerprint density at radius 1 is 1.19 bits per heavy atom. The van der Waals surface area contributed by atoms with Crippen LogP contribution in [0.1, 0.15) is 32.1 Å². The smallest absolute Gasteiger partial charge is 0.242 e. The molecular weight excluding hydrogens is 338 g/mol. The van der Waals surface area contributed by atoms with E-state index in [2.05, 4.69) is 4.72 Å². The van der Waals surface area contributed by atoms with E-state index in [9.17, 15) is 12.8 Å². The molecule has 1 saturated carbocycles. The summed E-state index contributed by atoms with van der Waals surface area (Å²) in [6, 6.07) is 1.74. The third-order valence-corrected chi connectivity index (χ3v) is 5.97. The first-order chi connectivity index (χ1) is 9.83. The monoisotopic (exact) mass is 354 g/mol. The Hall–Kier alpha value is -0.400. The summed E-state index contributed by atoms with van der Waals surface area (Å²) < 4.78 is 41.0. The second-order valence-corrected chi connectivity index (χ2v) is 7.67. The van der Waals surface area contributed by atoms with E-state index in [1.165, 1.54) is 12.1 Å². The van der Waals surface area contributed by atoms with Crippen LogP contribution in [0, 0.1) is 5.82 Å². The molecule has 2 unspecified atom stereocenters. The molecule has 1 fully saturated rings. The van der Waals surface area contributed by atoms with E-state index in [1.54, 1.807) is 0 Å². The van der Waals surface area contributed by atoms with Crippen LogP contribution in [-0.4, -0.2) is 20.5 Å². The van der Waals surface area contributed by atoms with E-state index >= 15 is 0 Å². The number of nitrogens with one attached hydrogen (secondary N) is 1. The molecular formula is C13H17Cl2FN2O2S. The SMILES string of the molecule is NC1CCCCCC1NS(=O)(=O)c1ccc(Cl)c(F)c1Cl. The summed E-state index contributed by atoms with van der Waals surface area (Å²) in [7, 11) is -3.94. The van der Waals surface area contributed by atoms with Gasteiger partial charge >= 0.3 is 0 Å². The van der Waals surface area contributed by atoms with E-state index < -0.39 is 20.9 Å². The minimum absolute atomic E-state index is 0.217. The van der Waals surface area contributed by atoms with Gasteiger partial charge in [0.05, 0.1) is 10.0 Å². The summed E-state index contributed by atoms with van der Waals surface area (Å²) in [5.74, 6) is -0.939. The number of nitrogens with two attached hydrogens (primary N) is 1. The molecule has 0 bridgehead atoms. The Morgan fingerprint density at radius 2 is 1.86 bits per heavy atom. The van der Waals surface area contributed by atoms with E-state index in [0.29, 0.717) is 6.42 Å². The lowest BCUT2D eigenvalue weighted by molar-refractivity contribution is 0.456. The van der Waals surface area contributed by atoms with Gasteiger partial charge in [0.1, 0.15) is 4.90 Å². The summed E-state index contributed by atoms with van der Waals surface area (Å²) in [5.41, 5.74) is 6.00. The summed E-state index contributed by atoms with van der Waals surface area (Å²) in [6.07, 6.45) is 4.34. The molecule has 3 N–H and O–H groups in total. The van der Waals surface area contributed by atoms with E-state index in [0.717, 1.165) is 25.7 Å². The molecule has 0 amide bonds. The summed E-state index contributed by atoms with van der Waals surface area (Å²) in [5, 5.41) is -0.720. The molecule has 2 rings (SSSR count). The van der Waals surface area contributed by atoms with Gasteiger partial charge in [-0.1, -0.05) is 42.5 Å². The molecule has 118 valence electrons. The van der Waals surface area contributed by atoms with Crippen LogP contribution in [-0.2, 0) is 10.0 Å². The van der Waals surface area contributed by atoms with Crippen molar-refractivity contribution in [1.82, 2.24) is 4.72 Å². The predicted octanol–water partition coefficient (Wildman–Crippen LogP) is 3.07. The van der Waals surface area contributed by atoms with Crippen LogP contribution in [0.2, 0.25) is 10.0 Å². The number of benzene rings is 1. The van der Waals surface area contributed by atoms with E-state index in [4.69, 9.17) is 28.9 Å². The lowest BCUT2D eigenvalue weighted by Crippen LogP contribution is -2.46. The van der Waals surface area contributed by atoms with Crippen LogP contribution in [0.5, 0.6) is 0 Å². The minimum Gasteiger partial charge on any atom is -0.326 e. The maximum atomic E-state index is 13.7. The van der Waals surface area contributed by atoms with Crippen LogP contribution in [0.25, 0.3) is 0 Å². The number of halogens is 3. The molecule has 2 atom stereocenters. The number of hydrogen-bond acceptors (Lipinski definition) is 3. The van der Waals surface area contributed by atoms with Crippen molar-refractivity contribution in [3.63, 3.8) is 0 Å². The molecule has 1 aromatic carbocycles. The summed E-state index contributed by atoms with van der Waals surface area (Å²) in [6.45, 7) is 0. The van der Waals surface area contributed by atoms with Gasteiger partial charge in [0.15, 0.2) is 5.82 Å². The first-order valence-corrected chi connectivity index (χ1v) is 8.98. The van der Waals surface area contributed by atoms with Crippen LogP contribution in [0.4, 0.5) is 4.39 Å². The van der Waals surface area contributed by atoms with Crippen molar-refractivity contribution in [2.24, 2.45) is 5.73 Å². The first-order valence-electron chi connectivity index (χ1n) is 6.74. The Bertz CT molecular complexity index is 625. The summed E-state index contributed by atoms with van der Waals surface area (Å²) in [4.78, 5) is -0.317. The Kier molecular flexibility index (Phi) is 5.48. The van der Waals surface area contributed by atoms with E-state index in [1.807, 2.05) is 0 Å². The van der Waals surface area contributed by atoms with Crippen molar-refractivity contribution in [1.29, 1.82) is 0 Å². The normalized spacial score (nSPS) is 23.8. The van der Waals surface area contributed by atoms with Gasteiger partial charge in [-0.25, -0.2) is 17.5 Å². The molecule has 1 aliphatic rings. The fourth-order valence-corrected chi connectivity index (χ4v) is 4.53. The van der Waals surface area contributed by atoms with Crippen LogP contribution >= 0.6 is 23.2 Å². The second-order valence-electron chi connectivity index (χ2n) is 5.20. The third kappa shape index (κ3) is 3.87. The number of rotatable bonds is 3. The van der Waals surface area contributed by atoms with Gasteiger partial charge in [-0.2, -0.15) is 0 Å². The maximum absolute atomic E-state index is 13.7. The van der Waals surface area contributed by atoms with Crippen molar-refractivity contribution in [3.8, 4) is 0 Å². The highest BCUT2D eigenvalue weighted by Gasteiger charge is 2.28. The zero-order chi connectivity index (χ0) is 15.6. The van der Waals surface area contributed by atoms with Gasteiger partial charge in [0.2, 0.25) is 10.0 Å². The molecule has 0 spiro atoms. The minimum atomic E-state index is -3.94. The largest absolute Gasteiger partial charge is 0.326 e. The zero-order valence-electron chi connectivity index (χ0n) is 11.3. The predicted molar refractivity (Wildman–Crippen MR) is 81.6 cm³/mol. The van der Waals surface area contributed by atoms with Crippen LogP contribution < -0.4 is 10.5 Å². The van der Waals surface area contributed by atoms with Crippen molar-refractivity contribution >= 4 is 33.2 Å². The average molecular weight is 355 g/mol. The molecule has 0 aliphatic heterocycles. The van der Waals surface area contributed by atoms with Crippen LogP contribution in [0.15, 0.2) is 17.0 Å². The topological polar surface area (TPSA) is 72.2 Å². The highest BCUT2D eigenvalue weighted by Crippen LogP contribution is 2.30. The lowest BCUT2D eigenvalue weighted by atomic mass is 10.1. The fourth-order valence-electron chi connectivity index (χ4n) is 2.46. The second kappa shape index (κ2) is 6.79. The van der Waals surface area contributed by atoms with Crippen molar-refractivity contribution in [3.05, 3.63) is 28.0 Å². The van der Waals surface area contributed by atoms with Gasteiger partial charge in [-0.05, 0) is 25.0 Å². The molecule has 8 heteroatoms. The highest BCUT2D eigenvalue weighted by molar-refractivity contribution is 7.89. The Morgan fingerprint density at radius 3 is 2.57 bits per heavy atom. The molecule has 0 aromatic heterocycles. The van der Waals surface area contributed by atoms with Crippen molar-refractivity contribution in [2.75, 3.05) is 0 Å². The Balaban J connectivity index is 2.28. The molecule has 0 saturated heterocycles. The van der Waals surface area contributed by atoms with Crippen LogP contribution in [0.3, 0.4) is 0 Å². The molecule has 4 nitrogen and oxygen atoms in total. The standard InChI is InChI=1S/C13H17Cl2FN2O2S/c14-8-6-7-11(12(15)13(8)16)21(19,20)18-10-5-3-1-2-4-9(10)17/h6-7,9-10,18H,1-5,17H2. The van der Waals surface area contributed by atoms with Gasteiger partial charge in [-0.15, -0.1) is 0 Å². The first kappa shape index (κ1) is 17.0. The van der Waals surface area contributed by atoms with Crippen molar-refractivity contribution in [2.45, 2.75) is 49.1 Å². The molecule has 1 aliphatic carbocycles. The maximum Gasteiger partial charge on any atom is 0.242 e. The molecule has 0 radical (unpaired) electrons. The molecule has 21 heavy (non-hydrogen) atoms. The van der Waals surface area contributed by atoms with Gasteiger partial charge in [0, 0.05) is 12.1 Å². The van der Waals surface area contributed by atoms with Crippen molar-refractivity contribution < 1.29 is 12.8 Å². The highest BCUT2D eigenvalue weighted by atomic mass is 35.5. The van der Waals surface area contributed by atoms with Gasteiger partial charge in [0.25, 0.3) is 0 Å². The zero-order valence-corrected chi connectivity index (χ0v) is 13.6. The van der Waals surface area contributed by atoms with Gasteiger partial charge < -0.3 is 5.73 Å². The fraction of sp³-hybridized carbons (Fsp3) is 0.538. The average Bonchev–Trinajstić information content (AvgIpc) is 2.61. The summed E-state index contributed by atoms with van der Waals surface area (Å²) >= 11 is 11.3. The van der Waals surface area contributed by atoms with E-state index in [-0.39, 0.29) is 22.0 Å². The van der Waals surface area contributed by atoms with Gasteiger partial charge in [-0.3, -0.25) is 0 Å².